The molecule has 1 N–H and O–H groups in total. The monoisotopic (exact) mass is 375 g/mol. The standard InChI is InChI=1S/C21H33N3O3/c1-4-22-21(24-13-11-19(12-14-24)20(25)27-6-3)23-15-17-7-9-18(10-8-17)16-26-5-2/h7-10,19H,4-6,11-16H2,1-3H3,(H,22,23). The van der Waals surface area contributed by atoms with Gasteiger partial charge in [-0.15, -0.1) is 0 Å². The Morgan fingerprint density at radius 1 is 1.11 bits per heavy atom. The first-order valence-corrected chi connectivity index (χ1v) is 10.0. The Labute approximate surface area is 162 Å². The number of hydrogen-bond acceptors (Lipinski definition) is 4. The lowest BCUT2D eigenvalue weighted by Gasteiger charge is -2.33. The molecule has 0 amide bonds. The van der Waals surface area contributed by atoms with Gasteiger partial charge in [0.05, 0.1) is 25.7 Å². The third-order valence-electron chi connectivity index (χ3n) is 4.66. The highest BCUT2D eigenvalue weighted by Crippen LogP contribution is 2.19. The lowest BCUT2D eigenvalue weighted by Crippen LogP contribution is -2.46. The third kappa shape index (κ3) is 6.86. The van der Waals surface area contributed by atoms with E-state index in [2.05, 4.69) is 41.4 Å². The van der Waals surface area contributed by atoms with Crippen molar-refractivity contribution in [2.45, 2.75) is 46.8 Å². The third-order valence-corrected chi connectivity index (χ3v) is 4.66. The van der Waals surface area contributed by atoms with Crippen LogP contribution in [0.3, 0.4) is 0 Å². The van der Waals surface area contributed by atoms with E-state index in [0.717, 1.165) is 45.0 Å². The number of carbonyl (C=O) groups excluding carboxylic acids is 1. The van der Waals surface area contributed by atoms with Crippen molar-refractivity contribution in [1.82, 2.24) is 10.2 Å². The van der Waals surface area contributed by atoms with Crippen molar-refractivity contribution >= 4 is 11.9 Å². The molecule has 0 atom stereocenters. The molecule has 0 saturated carbocycles. The number of hydrogen-bond donors (Lipinski definition) is 1. The molecular formula is C21H33N3O3. The van der Waals surface area contributed by atoms with Crippen LogP contribution in [-0.4, -0.2) is 49.7 Å². The minimum Gasteiger partial charge on any atom is -0.466 e. The molecule has 0 unspecified atom stereocenters. The van der Waals surface area contributed by atoms with Gasteiger partial charge in [-0.2, -0.15) is 0 Å². The minimum absolute atomic E-state index is 0.0157. The van der Waals surface area contributed by atoms with Gasteiger partial charge < -0.3 is 19.7 Å². The van der Waals surface area contributed by atoms with Gasteiger partial charge in [-0.05, 0) is 44.7 Å². The molecule has 150 valence electrons. The van der Waals surface area contributed by atoms with Crippen molar-refractivity contribution in [1.29, 1.82) is 0 Å². The summed E-state index contributed by atoms with van der Waals surface area (Å²) in [7, 11) is 0. The highest BCUT2D eigenvalue weighted by atomic mass is 16.5. The predicted octanol–water partition coefficient (Wildman–Crippen LogP) is 2.96. The average molecular weight is 376 g/mol. The van der Waals surface area contributed by atoms with Crippen LogP contribution in [0.1, 0.15) is 44.7 Å². The lowest BCUT2D eigenvalue weighted by molar-refractivity contribution is -0.149. The molecule has 1 aromatic carbocycles. The van der Waals surface area contributed by atoms with E-state index in [1.807, 2.05) is 13.8 Å². The average Bonchev–Trinajstić information content (AvgIpc) is 2.70. The molecule has 1 aromatic rings. The number of guanidine groups is 1. The van der Waals surface area contributed by atoms with Crippen LogP contribution in [0.25, 0.3) is 0 Å². The number of nitrogens with one attached hydrogen (secondary N) is 1. The van der Waals surface area contributed by atoms with Gasteiger partial charge in [0.1, 0.15) is 0 Å². The van der Waals surface area contributed by atoms with Gasteiger partial charge in [0, 0.05) is 26.2 Å². The second kappa shape index (κ2) is 11.6. The van der Waals surface area contributed by atoms with Crippen molar-refractivity contribution in [2.75, 3.05) is 32.8 Å². The highest BCUT2D eigenvalue weighted by Gasteiger charge is 2.27. The summed E-state index contributed by atoms with van der Waals surface area (Å²) < 4.78 is 10.6. The Balaban J connectivity index is 1.91. The van der Waals surface area contributed by atoms with Crippen molar-refractivity contribution in [3.8, 4) is 0 Å². The molecule has 0 bridgehead atoms. The van der Waals surface area contributed by atoms with Gasteiger partial charge in [0.25, 0.3) is 0 Å². The van der Waals surface area contributed by atoms with Gasteiger partial charge >= 0.3 is 5.97 Å². The zero-order chi connectivity index (χ0) is 19.5. The van der Waals surface area contributed by atoms with Gasteiger partial charge in [-0.1, -0.05) is 24.3 Å². The molecule has 0 radical (unpaired) electrons. The van der Waals surface area contributed by atoms with Crippen LogP contribution < -0.4 is 5.32 Å². The summed E-state index contributed by atoms with van der Waals surface area (Å²) >= 11 is 0. The fourth-order valence-corrected chi connectivity index (χ4v) is 3.14. The molecule has 0 spiro atoms. The van der Waals surface area contributed by atoms with E-state index in [0.29, 0.717) is 19.8 Å². The molecule has 1 aliphatic rings. The van der Waals surface area contributed by atoms with Crippen LogP contribution in [-0.2, 0) is 27.4 Å². The van der Waals surface area contributed by atoms with Crippen LogP contribution >= 0.6 is 0 Å². The molecule has 2 rings (SSSR count). The first-order chi connectivity index (χ1) is 13.2. The normalized spacial score (nSPS) is 15.7. The second-order valence-electron chi connectivity index (χ2n) is 6.64. The summed E-state index contributed by atoms with van der Waals surface area (Å²) in [6.07, 6.45) is 1.63. The summed E-state index contributed by atoms with van der Waals surface area (Å²) in [5.74, 6) is 0.867. The predicted molar refractivity (Wildman–Crippen MR) is 108 cm³/mol. The molecule has 6 heteroatoms. The SMILES string of the molecule is CCNC(=NCc1ccc(COCC)cc1)N1CCC(C(=O)OCC)CC1. The van der Waals surface area contributed by atoms with Crippen LogP contribution in [0.5, 0.6) is 0 Å². The van der Waals surface area contributed by atoms with Crippen molar-refractivity contribution in [3.63, 3.8) is 0 Å². The number of carbonyl (C=O) groups is 1. The van der Waals surface area contributed by atoms with Crippen LogP contribution in [0, 0.1) is 5.92 Å². The van der Waals surface area contributed by atoms with E-state index in [-0.39, 0.29) is 11.9 Å². The Hall–Kier alpha value is -2.08. The summed E-state index contributed by atoms with van der Waals surface area (Å²) in [5, 5.41) is 3.37. The van der Waals surface area contributed by atoms with E-state index >= 15 is 0 Å². The Kier molecular flexibility index (Phi) is 9.11. The van der Waals surface area contributed by atoms with E-state index in [9.17, 15) is 4.79 Å². The first kappa shape index (κ1) is 21.2. The number of aliphatic imine (C=N–C) groups is 1. The number of nitrogens with zero attached hydrogens (tertiary/aromatic N) is 2. The van der Waals surface area contributed by atoms with Crippen molar-refractivity contribution in [2.24, 2.45) is 10.9 Å². The molecule has 6 nitrogen and oxygen atoms in total. The number of ether oxygens (including phenoxy) is 2. The number of piperidine rings is 1. The van der Waals surface area contributed by atoms with E-state index in [1.54, 1.807) is 0 Å². The summed E-state index contributed by atoms with van der Waals surface area (Å²) in [6, 6.07) is 8.40. The van der Waals surface area contributed by atoms with Crippen LogP contribution in [0.2, 0.25) is 0 Å². The number of benzene rings is 1. The molecule has 1 saturated heterocycles. The molecule has 1 heterocycles. The zero-order valence-electron chi connectivity index (χ0n) is 16.9. The zero-order valence-corrected chi connectivity index (χ0v) is 16.9. The Morgan fingerprint density at radius 2 is 1.78 bits per heavy atom. The Morgan fingerprint density at radius 3 is 2.37 bits per heavy atom. The summed E-state index contributed by atoms with van der Waals surface area (Å²) in [4.78, 5) is 18.9. The van der Waals surface area contributed by atoms with Crippen LogP contribution in [0.15, 0.2) is 29.3 Å². The molecule has 0 aromatic heterocycles. The molecule has 0 aliphatic carbocycles. The topological polar surface area (TPSA) is 63.2 Å². The molecular weight excluding hydrogens is 342 g/mol. The van der Waals surface area contributed by atoms with Crippen molar-refractivity contribution in [3.05, 3.63) is 35.4 Å². The molecule has 1 aliphatic heterocycles. The van der Waals surface area contributed by atoms with E-state index in [1.165, 1.54) is 11.1 Å². The van der Waals surface area contributed by atoms with E-state index in [4.69, 9.17) is 14.5 Å². The van der Waals surface area contributed by atoms with Gasteiger partial charge in [0.2, 0.25) is 0 Å². The minimum atomic E-state index is -0.0637. The second-order valence-corrected chi connectivity index (χ2v) is 6.64. The molecule has 1 fully saturated rings. The summed E-state index contributed by atoms with van der Waals surface area (Å²) in [6.45, 7) is 10.9. The fraction of sp³-hybridized carbons (Fsp3) is 0.619. The largest absolute Gasteiger partial charge is 0.466 e. The fourth-order valence-electron chi connectivity index (χ4n) is 3.14. The maximum atomic E-state index is 11.9. The van der Waals surface area contributed by atoms with Crippen LogP contribution in [0.4, 0.5) is 0 Å². The Bertz CT molecular complexity index is 593. The van der Waals surface area contributed by atoms with Gasteiger partial charge in [0.15, 0.2) is 5.96 Å². The number of esters is 1. The highest BCUT2D eigenvalue weighted by molar-refractivity contribution is 5.80. The maximum Gasteiger partial charge on any atom is 0.309 e. The number of rotatable bonds is 8. The maximum absolute atomic E-state index is 11.9. The first-order valence-electron chi connectivity index (χ1n) is 10.0. The lowest BCUT2D eigenvalue weighted by atomic mass is 9.97. The van der Waals surface area contributed by atoms with Gasteiger partial charge in [-0.25, -0.2) is 4.99 Å². The van der Waals surface area contributed by atoms with E-state index < -0.39 is 0 Å². The molecule has 27 heavy (non-hydrogen) atoms. The smallest absolute Gasteiger partial charge is 0.309 e. The van der Waals surface area contributed by atoms with Crippen molar-refractivity contribution < 1.29 is 14.3 Å². The summed E-state index contributed by atoms with van der Waals surface area (Å²) in [5.41, 5.74) is 2.35. The van der Waals surface area contributed by atoms with Gasteiger partial charge in [-0.3, -0.25) is 4.79 Å². The number of likely N-dealkylation sites (tertiary alicyclic amines) is 1. The quantitative estimate of drug-likeness (QED) is 0.430.